The fourth-order valence-electron chi connectivity index (χ4n) is 3.25. The molecule has 0 aliphatic carbocycles. The highest BCUT2D eigenvalue weighted by molar-refractivity contribution is 8.17. The number of anilines is 1. The van der Waals surface area contributed by atoms with Crippen molar-refractivity contribution in [1.29, 1.82) is 0 Å². The molecule has 0 saturated carbocycles. The number of carbonyl (C=O) groups excluding carboxylic acids is 1. The van der Waals surface area contributed by atoms with Crippen LogP contribution in [0.3, 0.4) is 0 Å². The lowest BCUT2D eigenvalue weighted by molar-refractivity contribution is 0.0722. The number of carbonyl (C=O) groups is 1. The number of ether oxygens (including phenoxy) is 1. The van der Waals surface area contributed by atoms with Crippen molar-refractivity contribution in [3.8, 4) is 5.75 Å². The summed E-state index contributed by atoms with van der Waals surface area (Å²) in [5.41, 5.74) is 2.13. The summed E-state index contributed by atoms with van der Waals surface area (Å²) in [4.78, 5) is 15.4. The summed E-state index contributed by atoms with van der Waals surface area (Å²) in [6, 6.07) is 26.0. The predicted molar refractivity (Wildman–Crippen MR) is 119 cm³/mol. The van der Waals surface area contributed by atoms with E-state index in [1.54, 1.807) is 12.1 Å². The molecule has 0 amide bonds. The number of hydrogen-bond acceptors (Lipinski definition) is 3. The lowest BCUT2D eigenvalue weighted by Crippen LogP contribution is -2.17. The number of esters is 1. The smallest absolute Gasteiger partial charge is 0.349 e. The molecule has 0 heterocycles. The SMILES string of the molecule is Nc1c(F)c(F)c(C(=O)Oc2ccc([SH](c3ccccc3)c3ccccc3)cc2)c(F)c1F. The van der Waals surface area contributed by atoms with Crippen molar-refractivity contribution in [3.05, 3.63) is 114 Å². The molecule has 168 valence electrons. The maximum atomic E-state index is 14.0. The molecular weight excluding hydrogens is 454 g/mol. The van der Waals surface area contributed by atoms with Crippen LogP contribution in [0, 0.1) is 23.3 Å². The van der Waals surface area contributed by atoms with Crippen LogP contribution in [0.15, 0.2) is 99.6 Å². The molecule has 2 N–H and O–H groups in total. The Morgan fingerprint density at radius 1 is 0.636 bits per heavy atom. The highest BCUT2D eigenvalue weighted by Crippen LogP contribution is 2.51. The molecule has 4 aromatic carbocycles. The summed E-state index contributed by atoms with van der Waals surface area (Å²) in [6.07, 6.45) is 0. The fraction of sp³-hybridized carbons (Fsp3) is 0. The molecule has 8 heteroatoms. The molecule has 0 aliphatic rings. The number of hydrogen-bond donors (Lipinski definition) is 2. The second-order valence-electron chi connectivity index (χ2n) is 6.93. The van der Waals surface area contributed by atoms with Crippen molar-refractivity contribution in [2.45, 2.75) is 14.7 Å². The molecule has 4 aromatic rings. The summed E-state index contributed by atoms with van der Waals surface area (Å²) in [6.45, 7) is 0. The van der Waals surface area contributed by atoms with Gasteiger partial charge in [0.25, 0.3) is 0 Å². The van der Waals surface area contributed by atoms with Gasteiger partial charge in [0.2, 0.25) is 0 Å². The topological polar surface area (TPSA) is 52.3 Å². The van der Waals surface area contributed by atoms with E-state index >= 15 is 0 Å². The van der Waals surface area contributed by atoms with Gasteiger partial charge in [0.1, 0.15) is 17.0 Å². The summed E-state index contributed by atoms with van der Waals surface area (Å²) >= 11 is 0. The number of halogens is 4. The third-order valence-corrected chi connectivity index (χ3v) is 7.28. The van der Waals surface area contributed by atoms with E-state index in [-0.39, 0.29) is 5.75 Å². The molecule has 0 saturated heterocycles. The second-order valence-corrected chi connectivity index (χ2v) is 9.15. The van der Waals surface area contributed by atoms with E-state index in [2.05, 4.69) is 0 Å². The number of benzene rings is 4. The summed E-state index contributed by atoms with van der Waals surface area (Å²) < 4.78 is 60.4. The van der Waals surface area contributed by atoms with Gasteiger partial charge in [-0.15, -0.1) is 0 Å². The minimum atomic E-state index is -1.91. The van der Waals surface area contributed by atoms with Crippen LogP contribution in [0.4, 0.5) is 23.2 Å². The van der Waals surface area contributed by atoms with E-state index in [1.165, 1.54) is 12.1 Å². The van der Waals surface area contributed by atoms with Crippen LogP contribution in [0.25, 0.3) is 0 Å². The zero-order valence-electron chi connectivity index (χ0n) is 16.9. The van der Waals surface area contributed by atoms with E-state index in [1.807, 2.05) is 60.7 Å². The van der Waals surface area contributed by atoms with Gasteiger partial charge in [-0.3, -0.25) is 0 Å². The third-order valence-electron chi connectivity index (χ3n) is 4.84. The Balaban J connectivity index is 1.64. The number of thiol groups is 1. The van der Waals surface area contributed by atoms with Gasteiger partial charge >= 0.3 is 5.97 Å². The molecule has 0 unspecified atom stereocenters. The second kappa shape index (κ2) is 9.38. The number of rotatable bonds is 5. The lowest BCUT2D eigenvalue weighted by atomic mass is 10.1. The molecule has 0 atom stereocenters. The summed E-state index contributed by atoms with van der Waals surface area (Å²) in [5, 5.41) is 0. The number of nitrogen functional groups attached to an aromatic ring is 1. The van der Waals surface area contributed by atoms with E-state index in [4.69, 9.17) is 10.5 Å². The van der Waals surface area contributed by atoms with Crippen LogP contribution >= 0.6 is 10.9 Å². The summed E-state index contributed by atoms with van der Waals surface area (Å²) in [5.74, 6) is -9.16. The molecule has 0 radical (unpaired) electrons. The number of nitrogens with two attached hydrogens (primary N) is 1. The van der Waals surface area contributed by atoms with Crippen molar-refractivity contribution in [2.75, 3.05) is 5.73 Å². The van der Waals surface area contributed by atoms with Gasteiger partial charge in [-0.25, -0.2) is 22.4 Å². The highest BCUT2D eigenvalue weighted by atomic mass is 32.2. The molecule has 4 rings (SSSR count). The van der Waals surface area contributed by atoms with Crippen LogP contribution in [-0.4, -0.2) is 5.97 Å². The quantitative estimate of drug-likeness (QED) is 0.0870. The van der Waals surface area contributed by atoms with E-state index in [0.29, 0.717) is 0 Å². The van der Waals surface area contributed by atoms with Gasteiger partial charge in [-0.2, -0.15) is 10.9 Å². The van der Waals surface area contributed by atoms with Gasteiger partial charge in [0.05, 0.1) is 0 Å². The molecule has 0 fully saturated rings. The average Bonchev–Trinajstić information content (AvgIpc) is 2.84. The maximum absolute atomic E-state index is 14.0. The first kappa shape index (κ1) is 22.4. The Kier molecular flexibility index (Phi) is 6.37. The van der Waals surface area contributed by atoms with Crippen molar-refractivity contribution in [1.82, 2.24) is 0 Å². The van der Waals surface area contributed by atoms with E-state index < -0.39 is 51.4 Å². The van der Waals surface area contributed by atoms with Crippen molar-refractivity contribution >= 4 is 22.6 Å². The molecule has 0 aromatic heterocycles. The predicted octanol–water partition coefficient (Wildman–Crippen LogP) is 6.52. The summed E-state index contributed by atoms with van der Waals surface area (Å²) in [7, 11) is -0.919. The largest absolute Gasteiger partial charge is 0.423 e. The third kappa shape index (κ3) is 4.42. The maximum Gasteiger partial charge on any atom is 0.349 e. The lowest BCUT2D eigenvalue weighted by Gasteiger charge is -2.23. The Hall–Kier alpha value is -3.78. The fourth-order valence-corrected chi connectivity index (χ4v) is 5.53. The van der Waals surface area contributed by atoms with Gasteiger partial charge in [-0.05, 0) is 63.2 Å². The van der Waals surface area contributed by atoms with Gasteiger partial charge in [0.15, 0.2) is 23.3 Å². The zero-order valence-corrected chi connectivity index (χ0v) is 17.8. The van der Waals surface area contributed by atoms with Gasteiger partial charge in [0, 0.05) is 0 Å². The Morgan fingerprint density at radius 2 is 1.06 bits per heavy atom. The molecule has 0 spiro atoms. The zero-order chi connectivity index (χ0) is 23.5. The Labute approximate surface area is 189 Å². The first-order valence-corrected chi connectivity index (χ1v) is 11.1. The van der Waals surface area contributed by atoms with Crippen molar-refractivity contribution in [2.24, 2.45) is 0 Å². The monoisotopic (exact) mass is 471 g/mol. The van der Waals surface area contributed by atoms with Crippen LogP contribution in [0.5, 0.6) is 5.75 Å². The van der Waals surface area contributed by atoms with Crippen LogP contribution in [0.1, 0.15) is 10.4 Å². The molecule has 3 nitrogen and oxygen atoms in total. The van der Waals surface area contributed by atoms with E-state index in [0.717, 1.165) is 14.7 Å². The molecular formula is C25H17F4NO2S. The molecule has 0 aliphatic heterocycles. The molecule has 33 heavy (non-hydrogen) atoms. The Morgan fingerprint density at radius 3 is 1.52 bits per heavy atom. The average molecular weight is 471 g/mol. The first-order chi connectivity index (χ1) is 15.9. The van der Waals surface area contributed by atoms with E-state index in [9.17, 15) is 22.4 Å². The van der Waals surface area contributed by atoms with Crippen LogP contribution in [0.2, 0.25) is 0 Å². The Bertz CT molecular complexity index is 1230. The standard InChI is InChI=1S/C25H17F4NO2S/c26-20-19(21(27)23(29)24(30)22(20)28)25(31)32-15-11-13-18(14-12-15)33(16-7-3-1-4-8-16)17-9-5-2-6-10-17/h1-14,33H,30H2. The molecule has 0 bridgehead atoms. The first-order valence-electron chi connectivity index (χ1n) is 9.72. The highest BCUT2D eigenvalue weighted by Gasteiger charge is 2.29. The minimum Gasteiger partial charge on any atom is -0.423 e. The minimum absolute atomic E-state index is 0.0451. The van der Waals surface area contributed by atoms with Crippen molar-refractivity contribution < 1.29 is 27.1 Å². The van der Waals surface area contributed by atoms with Crippen LogP contribution < -0.4 is 10.5 Å². The van der Waals surface area contributed by atoms with Gasteiger partial charge in [-0.1, -0.05) is 36.4 Å². The van der Waals surface area contributed by atoms with Crippen molar-refractivity contribution in [3.63, 3.8) is 0 Å². The van der Waals surface area contributed by atoms with Crippen LogP contribution in [-0.2, 0) is 0 Å². The normalized spacial score (nSPS) is 11.2. The van der Waals surface area contributed by atoms with Gasteiger partial charge < -0.3 is 10.5 Å².